The molecule has 152 valence electrons. The molecule has 6 nitrogen and oxygen atoms in total. The number of benzene rings is 2. The standard InChI is InChI=1S/C22H25FN4O2/c23-17-8-6-15(7-9-17)20-19(14-24-26-20)22(29)27-12-10-18(11-13-27)25-21(28)16-4-2-1-3-5-16/h1-9,18-20,24,26H,10-14H2,(H,25,28). The fourth-order valence-electron chi connectivity index (χ4n) is 4.05. The topological polar surface area (TPSA) is 73.5 Å². The SMILES string of the molecule is O=C(NC1CCN(C(=O)C2CNNC2c2ccc(F)cc2)CC1)c1ccccc1. The molecule has 4 rings (SSSR count). The van der Waals surface area contributed by atoms with Crippen LogP contribution in [0.1, 0.15) is 34.8 Å². The molecule has 0 radical (unpaired) electrons. The second-order valence-corrected chi connectivity index (χ2v) is 7.60. The van der Waals surface area contributed by atoms with E-state index in [0.29, 0.717) is 25.2 Å². The Labute approximate surface area is 169 Å². The molecule has 2 amide bonds. The maximum absolute atomic E-state index is 13.2. The first-order chi connectivity index (χ1) is 14.1. The lowest BCUT2D eigenvalue weighted by atomic mass is 9.92. The average Bonchev–Trinajstić information content (AvgIpc) is 3.25. The molecular weight excluding hydrogens is 371 g/mol. The average molecular weight is 396 g/mol. The molecule has 2 saturated heterocycles. The van der Waals surface area contributed by atoms with Crippen molar-refractivity contribution in [3.05, 3.63) is 71.5 Å². The summed E-state index contributed by atoms with van der Waals surface area (Å²) in [4.78, 5) is 27.3. The Morgan fingerprint density at radius 1 is 1.00 bits per heavy atom. The van der Waals surface area contributed by atoms with Crippen LogP contribution in [0.4, 0.5) is 4.39 Å². The van der Waals surface area contributed by atoms with Crippen molar-refractivity contribution in [1.82, 2.24) is 21.1 Å². The highest BCUT2D eigenvalue weighted by molar-refractivity contribution is 5.94. The molecule has 0 bridgehead atoms. The second kappa shape index (κ2) is 8.71. The Hall–Kier alpha value is -2.77. The van der Waals surface area contributed by atoms with E-state index in [1.54, 1.807) is 24.3 Å². The molecule has 2 fully saturated rings. The fourth-order valence-corrected chi connectivity index (χ4v) is 4.05. The molecule has 2 aliphatic rings. The Kier molecular flexibility index (Phi) is 5.87. The highest BCUT2D eigenvalue weighted by atomic mass is 19.1. The molecule has 2 aromatic carbocycles. The van der Waals surface area contributed by atoms with E-state index in [4.69, 9.17) is 0 Å². The number of carbonyl (C=O) groups excluding carboxylic acids is 2. The Morgan fingerprint density at radius 3 is 2.38 bits per heavy atom. The number of hydrogen-bond donors (Lipinski definition) is 3. The van der Waals surface area contributed by atoms with E-state index in [2.05, 4.69) is 16.2 Å². The van der Waals surface area contributed by atoms with Crippen LogP contribution >= 0.6 is 0 Å². The summed E-state index contributed by atoms with van der Waals surface area (Å²) in [5.74, 6) is -0.515. The van der Waals surface area contributed by atoms with Crippen LogP contribution in [0.5, 0.6) is 0 Å². The second-order valence-electron chi connectivity index (χ2n) is 7.60. The van der Waals surface area contributed by atoms with Gasteiger partial charge in [0.05, 0.1) is 12.0 Å². The quantitative estimate of drug-likeness (QED) is 0.739. The maximum Gasteiger partial charge on any atom is 0.251 e. The lowest BCUT2D eigenvalue weighted by Gasteiger charge is -2.34. The van der Waals surface area contributed by atoms with E-state index < -0.39 is 0 Å². The summed E-state index contributed by atoms with van der Waals surface area (Å²) in [6.45, 7) is 1.77. The summed E-state index contributed by atoms with van der Waals surface area (Å²) in [5.41, 5.74) is 7.74. The number of hydrazine groups is 1. The molecule has 3 N–H and O–H groups in total. The normalized spacial score (nSPS) is 22.4. The zero-order valence-electron chi connectivity index (χ0n) is 16.1. The number of nitrogens with zero attached hydrogens (tertiary/aromatic N) is 1. The smallest absolute Gasteiger partial charge is 0.251 e. The van der Waals surface area contributed by atoms with Crippen LogP contribution in [0.2, 0.25) is 0 Å². The van der Waals surface area contributed by atoms with E-state index in [1.165, 1.54) is 12.1 Å². The molecule has 7 heteroatoms. The van der Waals surface area contributed by atoms with Gasteiger partial charge < -0.3 is 10.2 Å². The van der Waals surface area contributed by atoms with Gasteiger partial charge in [0.25, 0.3) is 5.91 Å². The zero-order chi connectivity index (χ0) is 20.2. The largest absolute Gasteiger partial charge is 0.349 e. The van der Waals surface area contributed by atoms with E-state index in [9.17, 15) is 14.0 Å². The highest BCUT2D eigenvalue weighted by Crippen LogP contribution is 2.28. The third-order valence-corrected chi connectivity index (χ3v) is 5.71. The molecule has 2 atom stereocenters. The van der Waals surface area contributed by atoms with Crippen molar-refractivity contribution >= 4 is 11.8 Å². The van der Waals surface area contributed by atoms with Gasteiger partial charge >= 0.3 is 0 Å². The molecule has 0 saturated carbocycles. The van der Waals surface area contributed by atoms with E-state index >= 15 is 0 Å². The van der Waals surface area contributed by atoms with Gasteiger partial charge in [-0.3, -0.25) is 15.0 Å². The lowest BCUT2D eigenvalue weighted by Crippen LogP contribution is -2.49. The van der Waals surface area contributed by atoms with Crippen LogP contribution in [-0.2, 0) is 4.79 Å². The molecule has 2 aromatic rings. The van der Waals surface area contributed by atoms with Crippen molar-refractivity contribution in [3.63, 3.8) is 0 Å². The predicted octanol–water partition coefficient (Wildman–Crippen LogP) is 2.01. The van der Waals surface area contributed by atoms with Gasteiger partial charge in [0, 0.05) is 31.2 Å². The number of rotatable bonds is 4. The van der Waals surface area contributed by atoms with Gasteiger partial charge in [0.1, 0.15) is 5.82 Å². The number of amides is 2. The van der Waals surface area contributed by atoms with Gasteiger partial charge in [-0.05, 0) is 42.7 Å². The van der Waals surface area contributed by atoms with E-state index in [0.717, 1.165) is 18.4 Å². The first-order valence-corrected chi connectivity index (χ1v) is 10.0. The van der Waals surface area contributed by atoms with Crippen molar-refractivity contribution in [2.45, 2.75) is 24.9 Å². The van der Waals surface area contributed by atoms with Crippen LogP contribution in [0, 0.1) is 11.7 Å². The van der Waals surface area contributed by atoms with E-state index in [-0.39, 0.29) is 35.6 Å². The number of nitrogens with one attached hydrogen (secondary N) is 3. The Morgan fingerprint density at radius 2 is 1.69 bits per heavy atom. The molecule has 2 aliphatic heterocycles. The molecule has 0 spiro atoms. The van der Waals surface area contributed by atoms with Crippen molar-refractivity contribution in [3.8, 4) is 0 Å². The number of likely N-dealkylation sites (tertiary alicyclic amines) is 1. The van der Waals surface area contributed by atoms with Gasteiger partial charge in [-0.2, -0.15) is 0 Å². The molecule has 2 unspecified atom stereocenters. The minimum absolute atomic E-state index is 0.0690. The van der Waals surface area contributed by atoms with Crippen LogP contribution < -0.4 is 16.2 Å². The minimum atomic E-state index is -0.290. The van der Waals surface area contributed by atoms with Crippen LogP contribution in [0.15, 0.2) is 54.6 Å². The summed E-state index contributed by atoms with van der Waals surface area (Å²) in [5, 5.41) is 3.07. The minimum Gasteiger partial charge on any atom is -0.349 e. The third kappa shape index (κ3) is 4.46. The van der Waals surface area contributed by atoms with Gasteiger partial charge in [-0.25, -0.2) is 9.82 Å². The molecular formula is C22H25FN4O2. The predicted molar refractivity (Wildman–Crippen MR) is 107 cm³/mol. The first kappa shape index (κ1) is 19.5. The highest BCUT2D eigenvalue weighted by Gasteiger charge is 2.37. The third-order valence-electron chi connectivity index (χ3n) is 5.71. The molecule has 0 aromatic heterocycles. The lowest BCUT2D eigenvalue weighted by molar-refractivity contribution is -0.136. The van der Waals surface area contributed by atoms with Crippen LogP contribution in [-0.4, -0.2) is 42.4 Å². The summed E-state index contributed by atoms with van der Waals surface area (Å²) < 4.78 is 13.2. The fraction of sp³-hybridized carbons (Fsp3) is 0.364. The van der Waals surface area contributed by atoms with Crippen LogP contribution in [0.25, 0.3) is 0 Å². The monoisotopic (exact) mass is 396 g/mol. The Bertz CT molecular complexity index is 851. The summed E-state index contributed by atoms with van der Waals surface area (Å²) in [7, 11) is 0. The maximum atomic E-state index is 13.2. The van der Waals surface area contributed by atoms with Gasteiger partial charge in [0.15, 0.2) is 0 Å². The van der Waals surface area contributed by atoms with Gasteiger partial charge in [0.2, 0.25) is 5.91 Å². The van der Waals surface area contributed by atoms with Gasteiger partial charge in [-0.1, -0.05) is 30.3 Å². The summed E-state index contributed by atoms with van der Waals surface area (Å²) in [6, 6.07) is 15.3. The molecule has 2 heterocycles. The number of carbonyl (C=O) groups is 2. The first-order valence-electron chi connectivity index (χ1n) is 10.0. The van der Waals surface area contributed by atoms with Crippen molar-refractivity contribution in [1.29, 1.82) is 0 Å². The summed E-state index contributed by atoms with van der Waals surface area (Å²) >= 11 is 0. The molecule has 29 heavy (non-hydrogen) atoms. The molecule has 0 aliphatic carbocycles. The zero-order valence-corrected chi connectivity index (χ0v) is 16.1. The summed E-state index contributed by atoms with van der Waals surface area (Å²) in [6.07, 6.45) is 1.47. The number of halogens is 1. The van der Waals surface area contributed by atoms with Crippen molar-refractivity contribution < 1.29 is 14.0 Å². The van der Waals surface area contributed by atoms with E-state index in [1.807, 2.05) is 23.1 Å². The number of piperidine rings is 1. The van der Waals surface area contributed by atoms with Crippen LogP contribution in [0.3, 0.4) is 0 Å². The number of hydrogen-bond acceptors (Lipinski definition) is 4. The Balaban J connectivity index is 1.32. The van der Waals surface area contributed by atoms with Gasteiger partial charge in [-0.15, -0.1) is 0 Å². The van der Waals surface area contributed by atoms with Crippen molar-refractivity contribution in [2.24, 2.45) is 5.92 Å². The van der Waals surface area contributed by atoms with Crippen molar-refractivity contribution in [2.75, 3.05) is 19.6 Å².